The van der Waals surface area contributed by atoms with Gasteiger partial charge in [0.05, 0.1) is 5.41 Å². The van der Waals surface area contributed by atoms with Crippen LogP contribution in [-0.2, 0) is 18.3 Å². The molecule has 0 aliphatic heterocycles. The highest BCUT2D eigenvalue weighted by atomic mass is 14.5. The molecular formula is C33H28. The summed E-state index contributed by atoms with van der Waals surface area (Å²) in [4.78, 5) is 0. The van der Waals surface area contributed by atoms with Crippen molar-refractivity contribution in [3.63, 3.8) is 0 Å². The van der Waals surface area contributed by atoms with Crippen molar-refractivity contribution < 1.29 is 0 Å². The summed E-state index contributed by atoms with van der Waals surface area (Å²) in [5, 5.41) is 0. The summed E-state index contributed by atoms with van der Waals surface area (Å²) in [5.74, 6) is 1.73. The van der Waals surface area contributed by atoms with Crippen LogP contribution in [-0.4, -0.2) is 0 Å². The Labute approximate surface area is 196 Å². The molecule has 0 bridgehead atoms. The first-order valence-electron chi connectivity index (χ1n) is 12.3. The van der Waals surface area contributed by atoms with Gasteiger partial charge in [0.25, 0.3) is 0 Å². The van der Waals surface area contributed by atoms with Crippen molar-refractivity contribution in [2.45, 2.75) is 31.6 Å². The average molecular weight is 425 g/mol. The monoisotopic (exact) mass is 424 g/mol. The van der Waals surface area contributed by atoms with Gasteiger partial charge < -0.3 is 0 Å². The van der Waals surface area contributed by atoms with Crippen LogP contribution in [0.25, 0.3) is 22.3 Å². The summed E-state index contributed by atoms with van der Waals surface area (Å²) >= 11 is 0. The number of allylic oxidation sites excluding steroid dienone is 1. The third-order valence-corrected chi connectivity index (χ3v) is 8.37. The van der Waals surface area contributed by atoms with E-state index in [1.165, 1.54) is 68.5 Å². The lowest BCUT2D eigenvalue weighted by molar-refractivity contribution is 0.740. The molecule has 1 fully saturated rings. The van der Waals surface area contributed by atoms with Gasteiger partial charge in [0.15, 0.2) is 0 Å². The van der Waals surface area contributed by atoms with Gasteiger partial charge in [0.1, 0.15) is 0 Å². The Kier molecular flexibility index (Phi) is 3.95. The minimum Gasteiger partial charge on any atom is -0.103 e. The molecule has 0 nitrogen and oxygen atoms in total. The zero-order valence-corrected chi connectivity index (χ0v) is 19.1. The Hall–Kier alpha value is -3.38. The lowest BCUT2D eigenvalue weighted by Crippen LogP contribution is -2.26. The number of hydrogen-bond donors (Lipinski definition) is 0. The Bertz CT molecular complexity index is 1390. The minimum atomic E-state index is -0.236. The number of fused-ring (bicyclic) bond motifs is 10. The van der Waals surface area contributed by atoms with Crippen molar-refractivity contribution >= 4 is 0 Å². The van der Waals surface area contributed by atoms with E-state index in [-0.39, 0.29) is 5.41 Å². The van der Waals surface area contributed by atoms with Gasteiger partial charge in [-0.05, 0) is 86.7 Å². The van der Waals surface area contributed by atoms with Crippen molar-refractivity contribution in [2.24, 2.45) is 11.8 Å². The molecule has 3 aliphatic carbocycles. The molecule has 33 heavy (non-hydrogen) atoms. The van der Waals surface area contributed by atoms with Crippen LogP contribution < -0.4 is 0 Å². The molecule has 0 aromatic heterocycles. The Morgan fingerprint density at radius 2 is 1.24 bits per heavy atom. The maximum atomic E-state index is 4.00. The molecule has 2 atom stereocenters. The molecule has 0 N–H and O–H groups in total. The van der Waals surface area contributed by atoms with Crippen LogP contribution in [0.4, 0.5) is 0 Å². The van der Waals surface area contributed by atoms with E-state index in [0.29, 0.717) is 0 Å². The second-order valence-corrected chi connectivity index (χ2v) is 10.3. The van der Waals surface area contributed by atoms with Crippen LogP contribution in [0, 0.1) is 11.8 Å². The molecule has 0 saturated heterocycles. The van der Waals surface area contributed by atoms with E-state index >= 15 is 0 Å². The predicted octanol–water partition coefficient (Wildman–Crippen LogP) is 7.96. The Morgan fingerprint density at radius 3 is 1.82 bits per heavy atom. The fraction of sp³-hybridized carbons (Fsp3) is 0.212. The maximum absolute atomic E-state index is 4.00. The second-order valence-electron chi connectivity index (χ2n) is 10.3. The highest BCUT2D eigenvalue weighted by Crippen LogP contribution is 2.63. The van der Waals surface area contributed by atoms with Gasteiger partial charge >= 0.3 is 0 Å². The van der Waals surface area contributed by atoms with E-state index in [4.69, 9.17) is 0 Å². The molecule has 1 spiro atoms. The smallest absolute Gasteiger partial charge is 0.0725 e. The molecule has 0 amide bonds. The SMILES string of the molecule is C=CCc1ccc2c(c1)C1(c3ccccc3-c3ccccc31)c1cc(CC3CC3C)ccc1-2. The standard InChI is InChI=1S/C33H28/c1-3-8-22-13-15-27-28-16-14-23(18-24-17-21(24)2)20-32(28)33(31(27)19-22)29-11-6-4-9-25(29)26-10-5-7-12-30(26)33/h3-7,9-16,19-21,24H,1,8,17-18H2,2H3. The number of benzene rings is 4. The zero-order chi connectivity index (χ0) is 22.2. The molecule has 0 radical (unpaired) electrons. The van der Waals surface area contributed by atoms with Crippen LogP contribution in [0.15, 0.2) is 97.6 Å². The molecule has 1 saturated carbocycles. The van der Waals surface area contributed by atoms with Crippen LogP contribution >= 0.6 is 0 Å². The van der Waals surface area contributed by atoms with Crippen molar-refractivity contribution in [3.8, 4) is 22.3 Å². The summed E-state index contributed by atoms with van der Waals surface area (Å²) in [6.45, 7) is 6.39. The van der Waals surface area contributed by atoms with Gasteiger partial charge in [-0.15, -0.1) is 6.58 Å². The van der Waals surface area contributed by atoms with E-state index in [9.17, 15) is 0 Å². The highest BCUT2D eigenvalue weighted by molar-refractivity contribution is 5.95. The molecule has 2 unspecified atom stereocenters. The Morgan fingerprint density at radius 1 is 0.727 bits per heavy atom. The predicted molar refractivity (Wildman–Crippen MR) is 138 cm³/mol. The van der Waals surface area contributed by atoms with Crippen molar-refractivity contribution in [1.29, 1.82) is 0 Å². The van der Waals surface area contributed by atoms with Gasteiger partial charge in [0, 0.05) is 0 Å². The van der Waals surface area contributed by atoms with Crippen LogP contribution in [0.2, 0.25) is 0 Å². The largest absolute Gasteiger partial charge is 0.103 e. The molecule has 160 valence electrons. The summed E-state index contributed by atoms with van der Waals surface area (Å²) in [5.41, 5.74) is 13.9. The Balaban J connectivity index is 1.57. The first-order chi connectivity index (χ1) is 16.2. The summed E-state index contributed by atoms with van der Waals surface area (Å²) in [6, 6.07) is 32.6. The molecular weight excluding hydrogens is 396 g/mol. The van der Waals surface area contributed by atoms with Gasteiger partial charge in [-0.1, -0.05) is 97.9 Å². The quantitative estimate of drug-likeness (QED) is 0.252. The lowest BCUT2D eigenvalue weighted by Gasteiger charge is -2.31. The molecule has 4 aromatic rings. The summed E-state index contributed by atoms with van der Waals surface area (Å²) < 4.78 is 0. The topological polar surface area (TPSA) is 0 Å². The van der Waals surface area contributed by atoms with Crippen LogP contribution in [0.1, 0.15) is 46.7 Å². The highest BCUT2D eigenvalue weighted by Gasteiger charge is 2.51. The first-order valence-corrected chi connectivity index (χ1v) is 12.3. The normalized spacial score (nSPS) is 20.2. The van der Waals surface area contributed by atoms with Crippen LogP contribution in [0.3, 0.4) is 0 Å². The van der Waals surface area contributed by atoms with Gasteiger partial charge in [-0.25, -0.2) is 0 Å². The van der Waals surface area contributed by atoms with Crippen molar-refractivity contribution in [3.05, 3.63) is 131 Å². The van der Waals surface area contributed by atoms with E-state index in [1.807, 2.05) is 6.08 Å². The molecule has 4 aromatic carbocycles. The summed E-state index contributed by atoms with van der Waals surface area (Å²) in [7, 11) is 0. The van der Waals surface area contributed by atoms with E-state index in [2.05, 4.69) is 98.4 Å². The first kappa shape index (κ1) is 19.1. The molecule has 0 heteroatoms. The fourth-order valence-corrected chi connectivity index (χ4v) is 6.64. The fourth-order valence-electron chi connectivity index (χ4n) is 6.64. The molecule has 3 aliphatic rings. The van der Waals surface area contributed by atoms with E-state index < -0.39 is 0 Å². The van der Waals surface area contributed by atoms with Crippen molar-refractivity contribution in [1.82, 2.24) is 0 Å². The van der Waals surface area contributed by atoms with Crippen molar-refractivity contribution in [2.75, 3.05) is 0 Å². The van der Waals surface area contributed by atoms with E-state index in [0.717, 1.165) is 18.3 Å². The van der Waals surface area contributed by atoms with Gasteiger partial charge in [-0.2, -0.15) is 0 Å². The summed E-state index contributed by atoms with van der Waals surface area (Å²) in [6.07, 6.45) is 5.49. The van der Waals surface area contributed by atoms with Crippen LogP contribution in [0.5, 0.6) is 0 Å². The third-order valence-electron chi connectivity index (χ3n) is 8.37. The van der Waals surface area contributed by atoms with Gasteiger partial charge in [0.2, 0.25) is 0 Å². The minimum absolute atomic E-state index is 0.236. The third kappa shape index (κ3) is 2.53. The lowest BCUT2D eigenvalue weighted by atomic mass is 9.70. The average Bonchev–Trinajstić information content (AvgIpc) is 3.35. The second kappa shape index (κ2) is 6.81. The van der Waals surface area contributed by atoms with E-state index in [1.54, 1.807) is 0 Å². The zero-order valence-electron chi connectivity index (χ0n) is 19.1. The maximum Gasteiger partial charge on any atom is 0.0725 e. The van der Waals surface area contributed by atoms with Gasteiger partial charge in [-0.3, -0.25) is 0 Å². The number of rotatable bonds is 4. The number of hydrogen-bond acceptors (Lipinski definition) is 0. The molecule has 7 rings (SSSR count). The molecule has 0 heterocycles.